The number of hydrogen-bond donors (Lipinski definition) is 2. The van der Waals surface area contributed by atoms with Crippen molar-refractivity contribution in [2.45, 2.75) is 33.1 Å². The zero-order valence-electron chi connectivity index (χ0n) is 14.0. The molecule has 23 heavy (non-hydrogen) atoms. The molecule has 0 fully saturated rings. The second-order valence-corrected chi connectivity index (χ2v) is 6.99. The van der Waals surface area contributed by atoms with E-state index >= 15 is 0 Å². The molecule has 118 valence electrons. The summed E-state index contributed by atoms with van der Waals surface area (Å²) < 4.78 is 0. The smallest absolute Gasteiger partial charge is 0.198 e. The maximum atomic E-state index is 10.1. The van der Waals surface area contributed by atoms with E-state index in [2.05, 4.69) is 48.9 Å². The minimum Gasteiger partial charge on any atom is -0.494 e. The van der Waals surface area contributed by atoms with Gasteiger partial charge in [-0.2, -0.15) is 0 Å². The molecule has 0 atom stereocenters. The van der Waals surface area contributed by atoms with Crippen LogP contribution in [0.3, 0.4) is 0 Å². The number of aromatic hydroxyl groups is 1. The molecule has 0 saturated heterocycles. The van der Waals surface area contributed by atoms with Crippen LogP contribution in [0, 0.1) is 6.92 Å². The lowest BCUT2D eigenvalue weighted by Gasteiger charge is -2.18. The number of rotatable bonds is 2. The lowest BCUT2D eigenvalue weighted by molar-refractivity contribution is 0.457. The van der Waals surface area contributed by atoms with Crippen molar-refractivity contribution >= 4 is 22.8 Å². The Morgan fingerprint density at radius 3 is 2.39 bits per heavy atom. The van der Waals surface area contributed by atoms with Gasteiger partial charge < -0.3 is 10.1 Å². The Labute approximate surface area is 136 Å². The Morgan fingerprint density at radius 1 is 1.04 bits per heavy atom. The van der Waals surface area contributed by atoms with E-state index < -0.39 is 0 Å². The van der Waals surface area contributed by atoms with Crippen molar-refractivity contribution in [1.82, 2.24) is 4.98 Å². The van der Waals surface area contributed by atoms with Gasteiger partial charge in [-0.3, -0.25) is 4.99 Å². The van der Waals surface area contributed by atoms with Crippen LogP contribution in [-0.4, -0.2) is 16.3 Å². The second-order valence-electron chi connectivity index (χ2n) is 6.99. The predicted molar refractivity (Wildman–Crippen MR) is 97.1 cm³/mol. The van der Waals surface area contributed by atoms with Gasteiger partial charge in [-0.1, -0.05) is 44.5 Å². The van der Waals surface area contributed by atoms with E-state index in [1.807, 2.05) is 31.2 Å². The highest BCUT2D eigenvalue weighted by atomic mass is 16.3. The fraction of sp³-hybridized carbons (Fsp3) is 0.250. The van der Waals surface area contributed by atoms with Gasteiger partial charge in [0.05, 0.1) is 11.3 Å². The van der Waals surface area contributed by atoms with E-state index in [0.29, 0.717) is 0 Å². The molecule has 2 N–H and O–H groups in total. The summed E-state index contributed by atoms with van der Waals surface area (Å²) in [5.41, 5.74) is 5.08. The molecule has 3 rings (SSSR count). The average Bonchev–Trinajstić information content (AvgIpc) is 2.79. The Hall–Kier alpha value is -2.55. The van der Waals surface area contributed by atoms with Crippen LogP contribution in [0.1, 0.15) is 37.5 Å². The number of aromatic nitrogens is 1. The summed E-state index contributed by atoms with van der Waals surface area (Å²) in [7, 11) is 0. The number of benzene rings is 2. The third-order valence-corrected chi connectivity index (χ3v) is 4.05. The Bertz CT molecular complexity index is 865. The first-order valence-corrected chi connectivity index (χ1v) is 7.80. The van der Waals surface area contributed by atoms with E-state index in [0.717, 1.165) is 27.7 Å². The highest BCUT2D eigenvalue weighted by Crippen LogP contribution is 2.28. The molecule has 0 radical (unpaired) electrons. The minimum absolute atomic E-state index is 0.134. The predicted octanol–water partition coefficient (Wildman–Crippen LogP) is 5.23. The largest absolute Gasteiger partial charge is 0.494 e. The van der Waals surface area contributed by atoms with Crippen molar-refractivity contribution in [3.8, 4) is 5.88 Å². The number of aromatic amines is 1. The van der Waals surface area contributed by atoms with Gasteiger partial charge in [0.1, 0.15) is 0 Å². The number of H-pyrrole nitrogens is 1. The number of aryl methyl sites for hydroxylation is 1. The monoisotopic (exact) mass is 306 g/mol. The fourth-order valence-electron chi connectivity index (χ4n) is 2.63. The van der Waals surface area contributed by atoms with Gasteiger partial charge in [0.2, 0.25) is 0 Å². The average molecular weight is 306 g/mol. The van der Waals surface area contributed by atoms with Gasteiger partial charge in [-0.05, 0) is 42.2 Å². The van der Waals surface area contributed by atoms with Crippen molar-refractivity contribution in [2.24, 2.45) is 4.99 Å². The molecule has 1 heterocycles. The summed E-state index contributed by atoms with van der Waals surface area (Å²) in [6, 6.07) is 14.3. The summed E-state index contributed by atoms with van der Waals surface area (Å²) in [4.78, 5) is 7.49. The molecule has 0 spiro atoms. The summed E-state index contributed by atoms with van der Waals surface area (Å²) in [6.07, 6.45) is 1.72. The molecular weight excluding hydrogens is 284 g/mol. The first-order chi connectivity index (χ1) is 10.8. The van der Waals surface area contributed by atoms with Crippen LogP contribution < -0.4 is 0 Å². The van der Waals surface area contributed by atoms with Crippen molar-refractivity contribution in [3.63, 3.8) is 0 Å². The third-order valence-electron chi connectivity index (χ3n) is 4.05. The Kier molecular flexibility index (Phi) is 3.72. The molecule has 0 aliphatic carbocycles. The summed E-state index contributed by atoms with van der Waals surface area (Å²) in [5, 5.41) is 11.1. The normalized spacial score (nSPS) is 12.3. The van der Waals surface area contributed by atoms with Gasteiger partial charge in [0.15, 0.2) is 5.88 Å². The Balaban J connectivity index is 1.94. The first kappa shape index (κ1) is 15.3. The summed E-state index contributed by atoms with van der Waals surface area (Å²) >= 11 is 0. The summed E-state index contributed by atoms with van der Waals surface area (Å²) in [5.74, 6) is 0.153. The molecule has 2 aromatic carbocycles. The molecule has 0 unspecified atom stereocenters. The van der Waals surface area contributed by atoms with Crippen molar-refractivity contribution < 1.29 is 5.11 Å². The molecule has 0 aliphatic rings. The zero-order valence-corrected chi connectivity index (χ0v) is 14.0. The number of nitrogens with zero attached hydrogens (tertiary/aromatic N) is 1. The number of nitrogens with one attached hydrogen (secondary N) is 1. The highest BCUT2D eigenvalue weighted by molar-refractivity contribution is 6.02. The fourth-order valence-corrected chi connectivity index (χ4v) is 2.63. The van der Waals surface area contributed by atoms with E-state index in [1.165, 1.54) is 5.56 Å². The van der Waals surface area contributed by atoms with E-state index in [1.54, 1.807) is 6.21 Å². The van der Waals surface area contributed by atoms with Crippen LogP contribution in [-0.2, 0) is 5.41 Å². The lowest BCUT2D eigenvalue weighted by Crippen LogP contribution is -2.10. The molecule has 0 aliphatic heterocycles. The summed E-state index contributed by atoms with van der Waals surface area (Å²) in [6.45, 7) is 8.61. The van der Waals surface area contributed by atoms with Crippen LogP contribution in [0.5, 0.6) is 5.88 Å². The second kappa shape index (κ2) is 5.58. The maximum absolute atomic E-state index is 10.1. The van der Waals surface area contributed by atoms with Gasteiger partial charge in [-0.25, -0.2) is 0 Å². The maximum Gasteiger partial charge on any atom is 0.198 e. The van der Waals surface area contributed by atoms with Crippen LogP contribution in [0.2, 0.25) is 0 Å². The van der Waals surface area contributed by atoms with E-state index in [4.69, 9.17) is 0 Å². The minimum atomic E-state index is 0.134. The molecule has 0 amide bonds. The van der Waals surface area contributed by atoms with Crippen LogP contribution in [0.25, 0.3) is 10.9 Å². The highest BCUT2D eigenvalue weighted by Gasteiger charge is 2.13. The standard InChI is InChI=1S/C20H22N2O/c1-13-5-10-18-16(11-13)17(19(23)22-18)12-21-15-8-6-14(7-9-15)20(2,3)4/h5-12,22-23H,1-4H3. The van der Waals surface area contributed by atoms with Gasteiger partial charge in [-0.15, -0.1) is 0 Å². The number of fused-ring (bicyclic) bond motifs is 1. The number of hydrogen-bond acceptors (Lipinski definition) is 2. The molecule has 3 nitrogen and oxygen atoms in total. The molecule has 0 bridgehead atoms. The van der Waals surface area contributed by atoms with Crippen LogP contribution in [0.4, 0.5) is 5.69 Å². The molecule has 0 saturated carbocycles. The topological polar surface area (TPSA) is 48.4 Å². The van der Waals surface area contributed by atoms with Gasteiger partial charge >= 0.3 is 0 Å². The van der Waals surface area contributed by atoms with Crippen LogP contribution in [0.15, 0.2) is 47.5 Å². The van der Waals surface area contributed by atoms with Crippen molar-refractivity contribution in [2.75, 3.05) is 0 Å². The molecule has 1 aromatic heterocycles. The van der Waals surface area contributed by atoms with E-state index in [9.17, 15) is 5.11 Å². The van der Waals surface area contributed by atoms with Crippen molar-refractivity contribution in [3.05, 3.63) is 59.2 Å². The van der Waals surface area contributed by atoms with Crippen LogP contribution >= 0.6 is 0 Å². The molecular formula is C20H22N2O. The quantitative estimate of drug-likeness (QED) is 0.626. The lowest BCUT2D eigenvalue weighted by atomic mass is 9.87. The zero-order chi connectivity index (χ0) is 16.6. The number of aliphatic imine (C=N–C) groups is 1. The van der Waals surface area contributed by atoms with Crippen molar-refractivity contribution in [1.29, 1.82) is 0 Å². The first-order valence-electron chi connectivity index (χ1n) is 7.80. The SMILES string of the molecule is Cc1ccc2[nH]c(O)c(C=Nc3ccc(C(C)(C)C)cc3)c2c1. The Morgan fingerprint density at radius 2 is 1.74 bits per heavy atom. The molecule has 3 aromatic rings. The van der Waals surface area contributed by atoms with E-state index in [-0.39, 0.29) is 11.3 Å². The van der Waals surface area contributed by atoms with Gasteiger partial charge in [0, 0.05) is 17.1 Å². The molecule has 3 heteroatoms. The third kappa shape index (κ3) is 3.14. The van der Waals surface area contributed by atoms with Gasteiger partial charge in [0.25, 0.3) is 0 Å².